The van der Waals surface area contributed by atoms with Gasteiger partial charge in [0.1, 0.15) is 12.1 Å². The zero-order chi connectivity index (χ0) is 29.2. The van der Waals surface area contributed by atoms with Crippen LogP contribution < -0.4 is 0 Å². The second-order valence-electron chi connectivity index (χ2n) is 16.7. The number of likely N-dealkylation sites (N-methyl/N-ethyl adjacent to an activating group) is 2. The van der Waals surface area contributed by atoms with Gasteiger partial charge in [-0.1, -0.05) is 13.8 Å². The molecule has 0 spiro atoms. The first-order valence-corrected chi connectivity index (χ1v) is 17.4. The molecule has 6 heteroatoms. The van der Waals surface area contributed by atoms with Crippen LogP contribution in [0.2, 0.25) is 0 Å². The van der Waals surface area contributed by atoms with Crippen molar-refractivity contribution in [3.05, 3.63) is 0 Å². The van der Waals surface area contributed by atoms with Crippen LogP contribution in [0.1, 0.15) is 111 Å². The van der Waals surface area contributed by atoms with Crippen molar-refractivity contribution < 1.29 is 28.0 Å². The number of carbonyl (C=O) groups is 2. The molecule has 0 aromatic heterocycles. The molecule has 4 aliphatic carbocycles. The summed E-state index contributed by atoms with van der Waals surface area (Å²) in [5.74, 6) is 2.52. The molecule has 0 bridgehead atoms. The fourth-order valence-electron chi connectivity index (χ4n) is 12.3. The number of ether oxygens (including phenoxy) is 2. The van der Waals surface area contributed by atoms with E-state index in [1.165, 1.54) is 103 Å². The monoisotopic (exact) mass is 572 g/mol. The van der Waals surface area contributed by atoms with E-state index in [1.54, 1.807) is 13.8 Å². The Bertz CT molecular complexity index is 1000. The van der Waals surface area contributed by atoms with Crippen LogP contribution in [-0.2, 0) is 19.1 Å². The largest absolute Gasteiger partial charge is 0.456 e. The first-order chi connectivity index (χ1) is 19.4. The summed E-state index contributed by atoms with van der Waals surface area (Å²) in [6.07, 6.45) is 16.4. The number of rotatable bonds is 4. The van der Waals surface area contributed by atoms with Crippen molar-refractivity contribution >= 4 is 11.9 Å². The second kappa shape index (κ2) is 10.8. The van der Waals surface area contributed by atoms with Crippen LogP contribution in [0.25, 0.3) is 0 Å². The molecule has 6 aliphatic rings. The average Bonchev–Trinajstić information content (AvgIpc) is 3.21. The highest BCUT2D eigenvalue weighted by Gasteiger charge is 2.68. The van der Waals surface area contributed by atoms with Gasteiger partial charge >= 0.3 is 11.9 Å². The van der Waals surface area contributed by atoms with Gasteiger partial charge in [0.2, 0.25) is 0 Å². The first kappa shape index (κ1) is 29.9. The van der Waals surface area contributed by atoms with Crippen molar-refractivity contribution in [2.24, 2.45) is 34.5 Å². The topological polar surface area (TPSA) is 52.6 Å². The fourth-order valence-corrected chi connectivity index (χ4v) is 12.3. The predicted octanol–water partition coefficient (Wildman–Crippen LogP) is 6.11. The smallest absolute Gasteiger partial charge is 0.303 e. The van der Waals surface area contributed by atoms with Gasteiger partial charge in [0, 0.05) is 32.1 Å². The quantitative estimate of drug-likeness (QED) is 0.301. The van der Waals surface area contributed by atoms with E-state index in [2.05, 4.69) is 27.9 Å². The van der Waals surface area contributed by atoms with Crippen molar-refractivity contribution in [1.82, 2.24) is 0 Å². The van der Waals surface area contributed by atoms with Crippen molar-refractivity contribution in [3.63, 3.8) is 0 Å². The minimum absolute atomic E-state index is 0.0462. The minimum atomic E-state index is -0.0998. The van der Waals surface area contributed by atoms with Crippen LogP contribution in [-0.4, -0.2) is 85.5 Å². The minimum Gasteiger partial charge on any atom is -0.456 e. The van der Waals surface area contributed by atoms with Gasteiger partial charge < -0.3 is 18.4 Å². The molecule has 0 unspecified atom stereocenters. The van der Waals surface area contributed by atoms with E-state index in [0.717, 1.165) is 21.3 Å². The highest BCUT2D eigenvalue weighted by atomic mass is 16.5. The van der Waals surface area contributed by atoms with Gasteiger partial charge in [0.05, 0.1) is 40.3 Å². The highest BCUT2D eigenvalue weighted by molar-refractivity contribution is 5.66. The van der Waals surface area contributed by atoms with E-state index in [-0.39, 0.29) is 29.6 Å². The van der Waals surface area contributed by atoms with Gasteiger partial charge in [-0.15, -0.1) is 0 Å². The molecular weight excluding hydrogens is 512 g/mol. The van der Waals surface area contributed by atoms with Gasteiger partial charge in [-0.25, -0.2) is 0 Å². The second-order valence-corrected chi connectivity index (χ2v) is 16.7. The van der Waals surface area contributed by atoms with Crippen LogP contribution >= 0.6 is 0 Å². The summed E-state index contributed by atoms with van der Waals surface area (Å²) in [4.78, 5) is 24.8. The van der Waals surface area contributed by atoms with Gasteiger partial charge in [-0.3, -0.25) is 9.59 Å². The fraction of sp³-hybridized carbons (Fsp3) is 0.943. The third-order valence-corrected chi connectivity index (χ3v) is 14.5. The van der Waals surface area contributed by atoms with Gasteiger partial charge in [-0.05, 0) is 99.7 Å². The average molecular weight is 573 g/mol. The molecule has 0 radical (unpaired) electrons. The van der Waals surface area contributed by atoms with Crippen LogP contribution in [0, 0.1) is 34.5 Å². The van der Waals surface area contributed by atoms with E-state index in [0.29, 0.717) is 35.3 Å². The molecule has 0 aromatic rings. The SMILES string of the molecule is CC(=O)O[C@@H]1[C@@H]([N+]2(C)CCCCC2)C[C@@H]2[C@H]3CC[C@H]4C[C@@H](OC(C)=O)[C@@H]([N+]5(C)CCCCC5)C[C@]4(C)[C@@H]3CC[C@@]21C. The Balaban J connectivity index is 1.31. The van der Waals surface area contributed by atoms with Gasteiger partial charge in [0.25, 0.3) is 0 Å². The molecule has 6 nitrogen and oxygen atoms in total. The maximum absolute atomic E-state index is 12.5. The lowest BCUT2D eigenvalue weighted by molar-refractivity contribution is -0.943. The van der Waals surface area contributed by atoms with Crippen molar-refractivity contribution in [3.8, 4) is 0 Å². The normalized spacial score (nSPS) is 46.9. The number of hydrogen-bond acceptors (Lipinski definition) is 4. The third-order valence-electron chi connectivity index (χ3n) is 14.5. The Hall–Kier alpha value is -1.14. The van der Waals surface area contributed by atoms with E-state index in [9.17, 15) is 9.59 Å². The summed E-state index contributed by atoms with van der Waals surface area (Å²) in [6.45, 7) is 13.3. The number of likely N-dealkylation sites (tertiary alicyclic amines) is 2. The number of esters is 2. The van der Waals surface area contributed by atoms with Crippen LogP contribution in [0.5, 0.6) is 0 Å². The molecule has 0 N–H and O–H groups in total. The number of piperidine rings is 2. The third kappa shape index (κ3) is 4.99. The van der Waals surface area contributed by atoms with Crippen LogP contribution in [0.3, 0.4) is 0 Å². The Morgan fingerprint density at radius 3 is 1.85 bits per heavy atom. The number of nitrogens with zero attached hydrogens (tertiary/aromatic N) is 2. The number of fused-ring (bicyclic) bond motifs is 5. The maximum Gasteiger partial charge on any atom is 0.303 e. The lowest BCUT2D eigenvalue weighted by Gasteiger charge is -2.63. The summed E-state index contributed by atoms with van der Waals surface area (Å²) in [6, 6.07) is 0.846. The van der Waals surface area contributed by atoms with Gasteiger partial charge in [0.15, 0.2) is 12.2 Å². The lowest BCUT2D eigenvalue weighted by atomic mass is 9.44. The summed E-state index contributed by atoms with van der Waals surface area (Å²) in [5, 5.41) is 0. The molecule has 6 fully saturated rings. The predicted molar refractivity (Wildman–Crippen MR) is 161 cm³/mol. The molecular formula is C35H60N2O4+2. The van der Waals surface area contributed by atoms with Crippen molar-refractivity contribution in [2.45, 2.75) is 135 Å². The van der Waals surface area contributed by atoms with Crippen LogP contribution in [0.15, 0.2) is 0 Å². The van der Waals surface area contributed by atoms with E-state index in [4.69, 9.17) is 9.47 Å². The molecule has 2 aliphatic heterocycles. The molecule has 232 valence electrons. The van der Waals surface area contributed by atoms with Crippen LogP contribution in [0.4, 0.5) is 0 Å². The Kier molecular flexibility index (Phi) is 7.87. The lowest BCUT2D eigenvalue weighted by Crippen LogP contribution is -2.66. The Labute approximate surface area is 250 Å². The summed E-state index contributed by atoms with van der Waals surface area (Å²) in [5.41, 5.74) is 0.377. The maximum atomic E-state index is 12.5. The summed E-state index contributed by atoms with van der Waals surface area (Å²) >= 11 is 0. The molecule has 41 heavy (non-hydrogen) atoms. The highest BCUT2D eigenvalue weighted by Crippen LogP contribution is 2.68. The molecule has 10 atom stereocenters. The molecule has 6 rings (SSSR count). The molecule has 2 heterocycles. The molecule has 2 saturated heterocycles. The van der Waals surface area contributed by atoms with Gasteiger partial charge in [-0.2, -0.15) is 0 Å². The Morgan fingerprint density at radius 1 is 0.683 bits per heavy atom. The van der Waals surface area contributed by atoms with E-state index < -0.39 is 0 Å². The first-order valence-electron chi connectivity index (χ1n) is 17.4. The zero-order valence-electron chi connectivity index (χ0n) is 27.2. The summed E-state index contributed by atoms with van der Waals surface area (Å²) in [7, 11) is 4.94. The summed E-state index contributed by atoms with van der Waals surface area (Å²) < 4.78 is 14.7. The molecule has 0 amide bonds. The number of carbonyl (C=O) groups excluding carboxylic acids is 2. The molecule has 0 aromatic carbocycles. The number of quaternary nitrogens is 2. The van der Waals surface area contributed by atoms with E-state index >= 15 is 0 Å². The number of hydrogen-bond donors (Lipinski definition) is 0. The van der Waals surface area contributed by atoms with Crippen molar-refractivity contribution in [1.29, 1.82) is 0 Å². The van der Waals surface area contributed by atoms with Crippen molar-refractivity contribution in [2.75, 3.05) is 40.3 Å². The Morgan fingerprint density at radius 2 is 1.27 bits per heavy atom. The molecule has 4 saturated carbocycles. The zero-order valence-corrected chi connectivity index (χ0v) is 27.2. The standard InChI is InChI=1S/C35H60N2O4/c1-24(38)40-32-21-26-13-14-27-28(35(26,4)23-31(32)37(6)19-11-8-12-20-37)15-16-34(3)29(27)22-30(33(34)41-25(2)39)36(5)17-9-7-10-18-36/h26-33H,7-23H2,1-6H3/q+2/t26-,27-,28+,29+,30-,31-,32+,33+,34-,35-/m0/s1. The van der Waals surface area contributed by atoms with E-state index in [1.807, 2.05) is 0 Å².